The van der Waals surface area contributed by atoms with Crippen LogP contribution in [0.25, 0.3) is 11.2 Å². The Hall–Kier alpha value is -3.61. The zero-order valence-corrected chi connectivity index (χ0v) is 24.9. The van der Waals surface area contributed by atoms with Crippen LogP contribution in [0, 0.1) is 0 Å². The Bertz CT molecular complexity index is 1480. The van der Waals surface area contributed by atoms with Crippen molar-refractivity contribution < 1.29 is 20.1 Å². The highest BCUT2D eigenvalue weighted by atomic mass is 16.7. The first-order valence-corrected chi connectivity index (χ1v) is 15.1. The molecule has 4 aromatic rings. The van der Waals surface area contributed by atoms with Gasteiger partial charge in [0.15, 0.2) is 29.0 Å². The Morgan fingerprint density at radius 2 is 1.65 bits per heavy atom. The number of hydrogen-bond acceptors (Lipinski definition) is 10. The van der Waals surface area contributed by atoms with Crippen LogP contribution in [-0.4, -0.2) is 97.0 Å². The molecule has 0 aliphatic carbocycles. The molecule has 2 aromatic heterocycles. The number of likely N-dealkylation sites (N-methyl/N-ethyl adjacent to an activating group) is 1. The third kappa shape index (κ3) is 5.47. The number of hydrogen-bond donors (Lipinski definition) is 4. The average molecular weight is 588 g/mol. The largest absolute Gasteiger partial charge is 0.385 e. The number of aliphatic hydroxyl groups is 3. The predicted octanol–water partition coefficient (Wildman–Crippen LogP) is 2.73. The summed E-state index contributed by atoms with van der Waals surface area (Å²) in [6.07, 6.45) is -1.87. The van der Waals surface area contributed by atoms with E-state index in [0.717, 1.165) is 32.6 Å². The third-order valence-corrected chi connectivity index (χ3v) is 9.04. The lowest BCUT2D eigenvalue weighted by Gasteiger charge is -2.29. The minimum absolute atomic E-state index is 0.0552. The third-order valence-electron chi connectivity index (χ3n) is 9.04. The smallest absolute Gasteiger partial charge is 0.229 e. The molecule has 0 amide bonds. The number of rotatable bonds is 10. The van der Waals surface area contributed by atoms with Gasteiger partial charge in [-0.1, -0.05) is 74.5 Å². The number of benzene rings is 2. The molecule has 6 rings (SSSR count). The van der Waals surface area contributed by atoms with E-state index in [4.69, 9.17) is 14.7 Å². The van der Waals surface area contributed by atoms with Crippen molar-refractivity contribution >= 4 is 22.9 Å². The van der Waals surface area contributed by atoms with E-state index in [9.17, 15) is 15.3 Å². The van der Waals surface area contributed by atoms with Crippen molar-refractivity contribution in [1.82, 2.24) is 24.4 Å². The maximum atomic E-state index is 10.9. The van der Waals surface area contributed by atoms with Crippen molar-refractivity contribution in [1.29, 1.82) is 0 Å². The molecule has 0 spiro atoms. The Labute approximate surface area is 251 Å². The van der Waals surface area contributed by atoms with Crippen molar-refractivity contribution in [2.24, 2.45) is 0 Å². The Kier molecular flexibility index (Phi) is 8.34. The minimum atomic E-state index is -1.54. The van der Waals surface area contributed by atoms with Crippen LogP contribution in [0.15, 0.2) is 67.0 Å². The number of ether oxygens (including phenoxy) is 1. The van der Waals surface area contributed by atoms with Gasteiger partial charge in [0.1, 0.15) is 12.2 Å². The first kappa shape index (κ1) is 29.5. The van der Waals surface area contributed by atoms with Gasteiger partial charge in [-0.25, -0.2) is 4.98 Å². The second-order valence-corrected chi connectivity index (χ2v) is 11.5. The van der Waals surface area contributed by atoms with Gasteiger partial charge >= 0.3 is 0 Å². The van der Waals surface area contributed by atoms with Crippen LogP contribution >= 0.6 is 0 Å². The van der Waals surface area contributed by atoms with Gasteiger partial charge in [-0.3, -0.25) is 9.47 Å². The molecular weight excluding hydrogens is 546 g/mol. The zero-order valence-electron chi connectivity index (χ0n) is 24.9. The summed E-state index contributed by atoms with van der Waals surface area (Å²) in [6, 6.07) is 21.1. The van der Waals surface area contributed by atoms with Crippen LogP contribution in [0.2, 0.25) is 0 Å². The molecule has 2 aromatic carbocycles. The quantitative estimate of drug-likeness (QED) is 0.220. The second-order valence-electron chi connectivity index (χ2n) is 11.5. The van der Waals surface area contributed by atoms with E-state index in [2.05, 4.69) is 58.2 Å². The highest BCUT2D eigenvalue weighted by Gasteiger charge is 2.53. The molecule has 2 aliphatic heterocycles. The minimum Gasteiger partial charge on any atom is -0.385 e. The standard InChI is InChI=1S/C32H41N7O4/c1-4-37(5-2)23-16-17-38(19-23)31-35-28(33-18-24(21-12-8-6-9-13-21)22-14-10-7-11-15-22)25-29(36-31)39(20-34-25)32(3)27(41)26(40)30(42)43-32/h6-15,20,23-24,26-27,30,40-42H,4-5,16-19H2,1-3H3,(H,33,35,36)/t23?,26-,27+,30+,32+/m0/s1. The summed E-state index contributed by atoms with van der Waals surface area (Å²) in [5.41, 5.74) is 1.82. The summed E-state index contributed by atoms with van der Waals surface area (Å²) in [4.78, 5) is 19.2. The molecule has 5 atom stereocenters. The number of anilines is 2. The molecule has 2 aliphatic rings. The summed E-state index contributed by atoms with van der Waals surface area (Å²) in [5.74, 6) is 1.18. The molecule has 4 heterocycles. The number of aliphatic hydroxyl groups excluding tert-OH is 3. The lowest BCUT2D eigenvalue weighted by atomic mass is 9.91. The summed E-state index contributed by atoms with van der Waals surface area (Å²) < 4.78 is 7.29. The van der Waals surface area contributed by atoms with E-state index in [1.807, 2.05) is 36.4 Å². The first-order chi connectivity index (χ1) is 20.8. The van der Waals surface area contributed by atoms with Crippen molar-refractivity contribution in [3.63, 3.8) is 0 Å². The molecule has 228 valence electrons. The molecule has 11 nitrogen and oxygen atoms in total. The average Bonchev–Trinajstić information content (AvgIpc) is 3.74. The summed E-state index contributed by atoms with van der Waals surface area (Å²) in [7, 11) is 0. The van der Waals surface area contributed by atoms with E-state index in [-0.39, 0.29) is 5.92 Å². The molecule has 1 unspecified atom stereocenters. The molecule has 4 N–H and O–H groups in total. The monoisotopic (exact) mass is 587 g/mol. The summed E-state index contributed by atoms with van der Waals surface area (Å²) >= 11 is 0. The highest BCUT2D eigenvalue weighted by Crippen LogP contribution is 2.38. The van der Waals surface area contributed by atoms with Crippen LogP contribution in [0.1, 0.15) is 44.2 Å². The van der Waals surface area contributed by atoms with E-state index in [0.29, 0.717) is 35.5 Å². The Balaban J connectivity index is 1.40. The van der Waals surface area contributed by atoms with Crippen molar-refractivity contribution in [3.8, 4) is 0 Å². The lowest BCUT2D eigenvalue weighted by molar-refractivity contribution is -0.186. The second kappa shape index (κ2) is 12.2. The number of aromatic nitrogens is 4. The van der Waals surface area contributed by atoms with Crippen molar-refractivity contribution in [3.05, 3.63) is 78.1 Å². The van der Waals surface area contributed by atoms with Gasteiger partial charge in [0.2, 0.25) is 5.95 Å². The van der Waals surface area contributed by atoms with E-state index in [1.165, 1.54) is 17.5 Å². The van der Waals surface area contributed by atoms with Gasteiger partial charge < -0.3 is 30.3 Å². The number of nitrogens with zero attached hydrogens (tertiary/aromatic N) is 6. The molecular formula is C32H41N7O4. The fourth-order valence-electron chi connectivity index (χ4n) is 6.49. The van der Waals surface area contributed by atoms with Crippen molar-refractivity contribution in [2.45, 2.75) is 63.4 Å². The molecule has 0 bridgehead atoms. The number of nitrogens with one attached hydrogen (secondary N) is 1. The maximum Gasteiger partial charge on any atom is 0.229 e. The van der Waals surface area contributed by atoms with Gasteiger partial charge in [0, 0.05) is 31.6 Å². The van der Waals surface area contributed by atoms with Gasteiger partial charge in [0.25, 0.3) is 0 Å². The van der Waals surface area contributed by atoms with Crippen LogP contribution in [-0.2, 0) is 10.5 Å². The van der Waals surface area contributed by atoms with Gasteiger partial charge in [-0.15, -0.1) is 0 Å². The fraction of sp³-hybridized carbons (Fsp3) is 0.469. The van der Waals surface area contributed by atoms with E-state index >= 15 is 0 Å². The SMILES string of the molecule is CCN(CC)C1CCN(c2nc(NCC(c3ccccc3)c3ccccc3)c3ncn([C@]4(C)O[C@@H](O)[C@@H](O)[C@H]4O)c3n2)C1. The predicted molar refractivity (Wildman–Crippen MR) is 165 cm³/mol. The topological polar surface area (TPSA) is 132 Å². The van der Waals surface area contributed by atoms with Crippen LogP contribution in [0.4, 0.5) is 11.8 Å². The van der Waals surface area contributed by atoms with Crippen LogP contribution < -0.4 is 10.2 Å². The summed E-state index contributed by atoms with van der Waals surface area (Å²) in [6.45, 7) is 10.1. The van der Waals surface area contributed by atoms with Gasteiger partial charge in [-0.2, -0.15) is 9.97 Å². The van der Waals surface area contributed by atoms with Gasteiger partial charge in [-0.05, 0) is 37.6 Å². The van der Waals surface area contributed by atoms with Gasteiger partial charge in [0.05, 0.1) is 6.33 Å². The maximum absolute atomic E-state index is 10.9. The highest BCUT2D eigenvalue weighted by molar-refractivity contribution is 5.84. The van der Waals surface area contributed by atoms with E-state index in [1.54, 1.807) is 11.5 Å². The Morgan fingerprint density at radius 1 is 1.00 bits per heavy atom. The molecule has 2 fully saturated rings. The Morgan fingerprint density at radius 3 is 2.23 bits per heavy atom. The first-order valence-electron chi connectivity index (χ1n) is 15.1. The van der Waals surface area contributed by atoms with E-state index < -0.39 is 24.2 Å². The molecule has 43 heavy (non-hydrogen) atoms. The fourth-order valence-corrected chi connectivity index (χ4v) is 6.49. The van der Waals surface area contributed by atoms with Crippen molar-refractivity contribution in [2.75, 3.05) is 42.9 Å². The van der Waals surface area contributed by atoms with Crippen LogP contribution in [0.5, 0.6) is 0 Å². The number of fused-ring (bicyclic) bond motifs is 1. The molecule has 2 saturated heterocycles. The molecule has 0 radical (unpaired) electrons. The lowest BCUT2D eigenvalue weighted by Crippen LogP contribution is -2.43. The normalized spacial score (nSPS) is 25.8. The number of imidazole rings is 1. The summed E-state index contributed by atoms with van der Waals surface area (Å²) in [5, 5.41) is 35.0. The molecule has 0 saturated carbocycles. The zero-order chi connectivity index (χ0) is 30.1. The molecule has 11 heteroatoms. The van der Waals surface area contributed by atoms with Crippen LogP contribution in [0.3, 0.4) is 0 Å².